The zero-order valence-electron chi connectivity index (χ0n) is 17.0. The zero-order valence-corrected chi connectivity index (χ0v) is 17.8. The Labute approximate surface area is 184 Å². The third-order valence-corrected chi connectivity index (χ3v) is 6.02. The van der Waals surface area contributed by atoms with Gasteiger partial charge in [-0.25, -0.2) is 9.48 Å². The van der Waals surface area contributed by atoms with Crippen LogP contribution in [-0.4, -0.2) is 20.1 Å². The quantitative estimate of drug-likeness (QED) is 0.411. The molecule has 1 aromatic heterocycles. The van der Waals surface area contributed by atoms with Gasteiger partial charge >= 0.3 is 5.69 Å². The van der Waals surface area contributed by atoms with Crippen LogP contribution in [0.3, 0.4) is 0 Å². The van der Waals surface area contributed by atoms with Gasteiger partial charge < -0.3 is 0 Å². The summed E-state index contributed by atoms with van der Waals surface area (Å²) in [6, 6.07) is 21.8. The number of halogens is 1. The Morgan fingerprint density at radius 2 is 1.74 bits per heavy atom. The van der Waals surface area contributed by atoms with E-state index in [0.29, 0.717) is 23.7 Å². The number of nitrogens with zero attached hydrogens (tertiary/aromatic N) is 3. The van der Waals surface area contributed by atoms with Gasteiger partial charge in [0.2, 0.25) is 0 Å². The molecule has 0 unspecified atom stereocenters. The number of hydrogen-bond acceptors (Lipinski definition) is 3. The molecule has 5 nitrogen and oxygen atoms in total. The van der Waals surface area contributed by atoms with Crippen LogP contribution in [0.4, 0.5) is 0 Å². The maximum atomic E-state index is 13.0. The van der Waals surface area contributed by atoms with E-state index in [4.69, 9.17) is 11.6 Å². The third kappa shape index (κ3) is 4.06. The van der Waals surface area contributed by atoms with E-state index < -0.39 is 0 Å². The van der Waals surface area contributed by atoms with Gasteiger partial charge in [-0.1, -0.05) is 54.1 Å². The Kier molecular flexibility index (Phi) is 5.20. The van der Waals surface area contributed by atoms with Crippen LogP contribution in [0.5, 0.6) is 0 Å². The monoisotopic (exact) mass is 431 g/mol. The van der Waals surface area contributed by atoms with Crippen molar-refractivity contribution >= 4 is 28.2 Å². The van der Waals surface area contributed by atoms with Crippen molar-refractivity contribution in [3.8, 4) is 11.4 Å². The van der Waals surface area contributed by atoms with Crippen molar-refractivity contribution in [3.05, 3.63) is 87.8 Å². The van der Waals surface area contributed by atoms with E-state index in [0.717, 1.165) is 29.4 Å². The summed E-state index contributed by atoms with van der Waals surface area (Å²) in [6.07, 6.45) is 2.93. The topological polar surface area (TPSA) is 56.9 Å². The Balaban J connectivity index is 1.36. The first kappa shape index (κ1) is 19.8. The highest BCUT2D eigenvalue weighted by atomic mass is 35.5. The van der Waals surface area contributed by atoms with Gasteiger partial charge in [0.05, 0.1) is 0 Å². The van der Waals surface area contributed by atoms with E-state index in [9.17, 15) is 9.59 Å². The summed E-state index contributed by atoms with van der Waals surface area (Å²) in [5, 5.41) is 7.48. The molecule has 0 radical (unpaired) electrons. The van der Waals surface area contributed by atoms with Crippen LogP contribution in [0.2, 0.25) is 5.02 Å². The second kappa shape index (κ2) is 8.16. The summed E-state index contributed by atoms with van der Waals surface area (Å²) in [6.45, 7) is -0.0100. The van der Waals surface area contributed by atoms with Crippen LogP contribution < -0.4 is 5.69 Å². The number of aromatic nitrogens is 3. The first-order chi connectivity index (χ1) is 15.1. The molecule has 0 atom stereocenters. The van der Waals surface area contributed by atoms with Crippen molar-refractivity contribution in [2.24, 2.45) is 0 Å². The molecular formula is C25H22ClN3O2. The van der Waals surface area contributed by atoms with E-state index in [1.807, 2.05) is 30.3 Å². The van der Waals surface area contributed by atoms with Crippen molar-refractivity contribution in [3.63, 3.8) is 0 Å². The van der Waals surface area contributed by atoms with Gasteiger partial charge in [0, 0.05) is 23.0 Å². The van der Waals surface area contributed by atoms with Crippen LogP contribution in [0.1, 0.15) is 30.9 Å². The zero-order chi connectivity index (χ0) is 21.4. The molecule has 0 spiro atoms. The van der Waals surface area contributed by atoms with Crippen molar-refractivity contribution < 1.29 is 4.79 Å². The SMILES string of the molecule is O=C(CCc1cccc2ccccc12)Cn1nc(-c2ccc(Cl)cc2)n(C2CC2)c1=O. The van der Waals surface area contributed by atoms with Gasteiger partial charge in [-0.15, -0.1) is 5.10 Å². The number of benzene rings is 3. The minimum Gasteiger partial charge on any atom is -0.298 e. The lowest BCUT2D eigenvalue weighted by atomic mass is 10.00. The molecule has 4 aromatic rings. The van der Waals surface area contributed by atoms with Crippen LogP contribution in [-0.2, 0) is 17.8 Å². The molecule has 0 N–H and O–H groups in total. The van der Waals surface area contributed by atoms with Gasteiger partial charge in [-0.05, 0) is 59.9 Å². The fourth-order valence-electron chi connectivity index (χ4n) is 4.01. The van der Waals surface area contributed by atoms with Crippen molar-refractivity contribution in [1.29, 1.82) is 0 Å². The lowest BCUT2D eigenvalue weighted by Crippen LogP contribution is -2.27. The number of hydrogen-bond donors (Lipinski definition) is 0. The van der Waals surface area contributed by atoms with Crippen LogP contribution in [0.15, 0.2) is 71.5 Å². The summed E-state index contributed by atoms with van der Waals surface area (Å²) in [5.74, 6) is 0.601. The number of carbonyl (C=O) groups excluding carboxylic acids is 1. The van der Waals surface area contributed by atoms with Crippen LogP contribution in [0.25, 0.3) is 22.2 Å². The molecule has 1 heterocycles. The molecule has 31 heavy (non-hydrogen) atoms. The van der Waals surface area contributed by atoms with E-state index in [1.54, 1.807) is 16.7 Å². The minimum absolute atomic E-state index is 0.00172. The number of ketones is 1. The van der Waals surface area contributed by atoms with Crippen LogP contribution >= 0.6 is 11.6 Å². The second-order valence-electron chi connectivity index (χ2n) is 8.05. The molecule has 1 aliphatic carbocycles. The fraction of sp³-hybridized carbons (Fsp3) is 0.240. The molecule has 1 saturated carbocycles. The molecular weight excluding hydrogens is 410 g/mol. The molecule has 0 amide bonds. The smallest absolute Gasteiger partial charge is 0.298 e. The van der Waals surface area contributed by atoms with Crippen molar-refractivity contribution in [2.75, 3.05) is 0 Å². The summed E-state index contributed by atoms with van der Waals surface area (Å²) >= 11 is 6.00. The maximum absolute atomic E-state index is 13.0. The molecule has 0 saturated heterocycles. The summed E-state index contributed by atoms with van der Waals surface area (Å²) in [4.78, 5) is 25.7. The highest BCUT2D eigenvalue weighted by molar-refractivity contribution is 6.30. The predicted molar refractivity (Wildman–Crippen MR) is 122 cm³/mol. The highest BCUT2D eigenvalue weighted by Gasteiger charge is 2.30. The molecule has 1 fully saturated rings. The van der Waals surface area contributed by atoms with E-state index in [2.05, 4.69) is 29.4 Å². The first-order valence-corrected chi connectivity index (χ1v) is 10.9. The predicted octanol–water partition coefficient (Wildman–Crippen LogP) is 5.06. The molecule has 1 aliphatic rings. The van der Waals surface area contributed by atoms with Crippen molar-refractivity contribution in [1.82, 2.24) is 14.3 Å². The molecule has 156 valence electrons. The van der Waals surface area contributed by atoms with Gasteiger partial charge in [-0.3, -0.25) is 9.36 Å². The Hall–Kier alpha value is -3.18. The van der Waals surface area contributed by atoms with E-state index >= 15 is 0 Å². The van der Waals surface area contributed by atoms with Crippen LogP contribution in [0, 0.1) is 0 Å². The van der Waals surface area contributed by atoms with Gasteiger partial charge in [0.15, 0.2) is 11.6 Å². The Morgan fingerprint density at radius 1 is 1.00 bits per heavy atom. The van der Waals surface area contributed by atoms with E-state index in [1.165, 1.54) is 10.1 Å². The lowest BCUT2D eigenvalue weighted by Gasteiger charge is -2.06. The highest BCUT2D eigenvalue weighted by Crippen LogP contribution is 2.36. The Bertz CT molecular complexity index is 1310. The lowest BCUT2D eigenvalue weighted by molar-refractivity contribution is -0.119. The summed E-state index contributed by atoms with van der Waals surface area (Å²) < 4.78 is 3.04. The normalized spacial score (nSPS) is 13.6. The molecule has 0 bridgehead atoms. The van der Waals surface area contributed by atoms with Gasteiger partial charge in [0.1, 0.15) is 6.54 Å². The number of carbonyl (C=O) groups is 1. The Morgan fingerprint density at radius 3 is 2.52 bits per heavy atom. The summed E-state index contributed by atoms with van der Waals surface area (Å²) in [5.41, 5.74) is 1.76. The maximum Gasteiger partial charge on any atom is 0.346 e. The number of rotatable bonds is 7. The molecule has 0 aliphatic heterocycles. The fourth-order valence-corrected chi connectivity index (χ4v) is 4.14. The molecule has 6 heteroatoms. The van der Waals surface area contributed by atoms with Gasteiger partial charge in [-0.2, -0.15) is 0 Å². The van der Waals surface area contributed by atoms with Crippen molar-refractivity contribution in [2.45, 2.75) is 38.3 Å². The molecule has 5 rings (SSSR count). The second-order valence-corrected chi connectivity index (χ2v) is 8.49. The number of fused-ring (bicyclic) bond motifs is 1. The minimum atomic E-state index is -0.217. The number of aryl methyl sites for hydroxylation is 1. The first-order valence-electron chi connectivity index (χ1n) is 10.5. The average Bonchev–Trinajstić information content (AvgIpc) is 3.57. The largest absolute Gasteiger partial charge is 0.346 e. The number of Topliss-reactive ketones (excluding diaryl/α,β-unsaturated/α-hetero) is 1. The van der Waals surface area contributed by atoms with E-state index in [-0.39, 0.29) is 24.1 Å². The molecule has 3 aromatic carbocycles. The average molecular weight is 432 g/mol. The van der Waals surface area contributed by atoms with Gasteiger partial charge in [0.25, 0.3) is 0 Å². The third-order valence-electron chi connectivity index (χ3n) is 5.76. The summed E-state index contributed by atoms with van der Waals surface area (Å²) in [7, 11) is 0. The standard InChI is InChI=1S/C25H22ClN3O2/c26-20-11-8-19(9-12-20)24-27-28(25(31)29(24)21-13-14-21)16-22(30)15-10-18-6-3-5-17-4-1-2-7-23(17)18/h1-9,11-12,21H,10,13-16H2.